The molecule has 0 spiro atoms. The van der Waals surface area contributed by atoms with Gasteiger partial charge in [0, 0.05) is 50.5 Å². The SMILES string of the molecule is c1ccc(-c2ccc(N(c3ccc(-c4cccc5c(-c6cccc(-c7ccc(N(c8ccc(-c9cccc%10ccccc9%10)cc8)c8ccnc9c8oc8c%10ccccc%10ccc98)cc7)c6)cccc45)cc3)c3ccc4oc5c6ccccc6ccc5c4n3)cc2)cc1. The molecule has 92 heavy (non-hydrogen) atoms. The summed E-state index contributed by atoms with van der Waals surface area (Å²) in [4.78, 5) is 14.9. The highest BCUT2D eigenvalue weighted by Crippen LogP contribution is 2.46. The molecule has 14 aromatic carbocycles. The molecule has 0 saturated carbocycles. The summed E-state index contributed by atoms with van der Waals surface area (Å²) >= 11 is 0. The fraction of sp³-hybridized carbons (Fsp3) is 0. The van der Waals surface area contributed by atoms with Crippen LogP contribution in [-0.4, -0.2) is 9.97 Å². The zero-order valence-corrected chi connectivity index (χ0v) is 49.8. The van der Waals surface area contributed by atoms with Crippen LogP contribution < -0.4 is 9.80 Å². The first kappa shape index (κ1) is 52.7. The van der Waals surface area contributed by atoms with Crippen LogP contribution >= 0.6 is 0 Å². The van der Waals surface area contributed by atoms with E-state index in [0.717, 1.165) is 139 Å². The standard InChI is InChI=1S/C86H54N4O2/c1-2-14-55(15-3-1)56-30-42-67(43-31-56)90(81-51-50-80-82(88-81)77-48-38-59-17-5-8-23-73(59)84(77)91-80)68-46-36-62(37-47-68)71-26-12-29-76-72(27-13-28-75(71)76)64-21-10-20-63(54-64)57-32-40-65(41-33-57)89(66-44-34-61(35-45-66)70-25-11-19-58-16-4-7-22-69(58)70)79-52-53-87-83-78-49-39-60-18-6-9-24-74(60)85(78)92-86(79)83/h1-54H. The predicted octanol–water partition coefficient (Wildman–Crippen LogP) is 24.2. The van der Waals surface area contributed by atoms with Crippen molar-refractivity contribution in [2.45, 2.75) is 0 Å². The van der Waals surface area contributed by atoms with Gasteiger partial charge in [0.05, 0.1) is 5.69 Å². The van der Waals surface area contributed by atoms with Crippen LogP contribution in [0.15, 0.2) is 337 Å². The normalized spacial score (nSPS) is 11.7. The highest BCUT2D eigenvalue weighted by atomic mass is 16.3. The second-order valence-electron chi connectivity index (χ2n) is 23.6. The molecule has 0 unspecified atom stereocenters. The topological polar surface area (TPSA) is 58.5 Å². The quantitative estimate of drug-likeness (QED) is 0.129. The summed E-state index contributed by atoms with van der Waals surface area (Å²) in [6.07, 6.45) is 1.90. The van der Waals surface area contributed by atoms with Crippen LogP contribution in [0.4, 0.5) is 34.3 Å². The van der Waals surface area contributed by atoms with Gasteiger partial charge in [-0.25, -0.2) is 4.98 Å². The van der Waals surface area contributed by atoms with Gasteiger partial charge in [-0.15, -0.1) is 0 Å². The lowest BCUT2D eigenvalue weighted by Gasteiger charge is -2.26. The molecule has 0 aliphatic rings. The van der Waals surface area contributed by atoms with Gasteiger partial charge in [0.15, 0.2) is 11.2 Å². The number of anilines is 6. The molecule has 0 bridgehead atoms. The second kappa shape index (κ2) is 21.7. The average Bonchev–Trinajstić information content (AvgIpc) is 1.62. The summed E-state index contributed by atoms with van der Waals surface area (Å²) in [6.45, 7) is 0. The van der Waals surface area contributed by atoms with E-state index in [1.807, 2.05) is 6.20 Å². The molecule has 0 radical (unpaired) electrons. The first-order chi connectivity index (χ1) is 45.6. The minimum Gasteiger partial charge on any atom is -0.454 e. The van der Waals surface area contributed by atoms with Crippen LogP contribution in [0.5, 0.6) is 0 Å². The number of rotatable bonds is 11. The van der Waals surface area contributed by atoms with E-state index < -0.39 is 0 Å². The monoisotopic (exact) mass is 1170 g/mol. The maximum Gasteiger partial charge on any atom is 0.177 e. The average molecular weight is 1180 g/mol. The van der Waals surface area contributed by atoms with Crippen molar-refractivity contribution < 1.29 is 8.83 Å². The maximum absolute atomic E-state index is 6.95. The zero-order chi connectivity index (χ0) is 60.6. The number of hydrogen-bond acceptors (Lipinski definition) is 6. The molecule has 6 nitrogen and oxygen atoms in total. The first-order valence-electron chi connectivity index (χ1n) is 31.2. The van der Waals surface area contributed by atoms with Crippen LogP contribution in [0.3, 0.4) is 0 Å². The Bertz CT molecular complexity index is 5870. The zero-order valence-electron chi connectivity index (χ0n) is 49.8. The number of furan rings is 2. The summed E-state index contributed by atoms with van der Waals surface area (Å²) in [5, 5.41) is 11.2. The lowest BCUT2D eigenvalue weighted by molar-refractivity contribution is 0.671. The van der Waals surface area contributed by atoms with Crippen LogP contribution in [0, 0.1) is 0 Å². The molecule has 6 heteroatoms. The van der Waals surface area contributed by atoms with Crippen molar-refractivity contribution in [3.63, 3.8) is 0 Å². The summed E-state index contributed by atoms with van der Waals surface area (Å²) in [5.41, 5.74) is 21.2. The lowest BCUT2D eigenvalue weighted by atomic mass is 9.91. The Labute approximate surface area is 530 Å². The Kier molecular flexibility index (Phi) is 12.5. The van der Waals surface area contributed by atoms with Crippen molar-refractivity contribution in [1.82, 2.24) is 9.97 Å². The van der Waals surface area contributed by atoms with Crippen LogP contribution in [0.25, 0.3) is 143 Å². The van der Waals surface area contributed by atoms with Gasteiger partial charge in [-0.05, 0) is 173 Å². The molecule has 0 aliphatic heterocycles. The molecule has 18 rings (SSSR count). The molecular weight excluding hydrogens is 1120 g/mol. The maximum atomic E-state index is 6.95. The fourth-order valence-electron chi connectivity index (χ4n) is 13.8. The van der Waals surface area contributed by atoms with Crippen molar-refractivity contribution in [3.8, 4) is 55.6 Å². The third-order valence-corrected chi connectivity index (χ3v) is 18.3. The molecule has 4 heterocycles. The number of aromatic nitrogens is 2. The predicted molar refractivity (Wildman–Crippen MR) is 383 cm³/mol. The Morgan fingerprint density at radius 1 is 0.250 bits per heavy atom. The molecular formula is C86H54N4O2. The van der Waals surface area contributed by atoms with Gasteiger partial charge in [0.1, 0.15) is 28.0 Å². The minimum absolute atomic E-state index is 0.733. The van der Waals surface area contributed by atoms with Gasteiger partial charge in [-0.2, -0.15) is 0 Å². The Morgan fingerprint density at radius 2 is 0.685 bits per heavy atom. The number of pyridine rings is 2. The Balaban J connectivity index is 0.683. The summed E-state index contributed by atoms with van der Waals surface area (Å²) in [6, 6.07) is 115. The minimum atomic E-state index is 0.733. The molecule has 4 aromatic heterocycles. The van der Waals surface area contributed by atoms with E-state index in [1.165, 1.54) is 38.2 Å². The van der Waals surface area contributed by atoms with E-state index in [4.69, 9.17) is 18.8 Å². The second-order valence-corrected chi connectivity index (χ2v) is 23.6. The van der Waals surface area contributed by atoms with Gasteiger partial charge in [0.2, 0.25) is 0 Å². The summed E-state index contributed by atoms with van der Waals surface area (Å²) < 4.78 is 13.5. The number of hydrogen-bond donors (Lipinski definition) is 0. The van der Waals surface area contributed by atoms with E-state index >= 15 is 0 Å². The van der Waals surface area contributed by atoms with E-state index in [0.29, 0.717) is 0 Å². The van der Waals surface area contributed by atoms with Crippen LogP contribution in [0.1, 0.15) is 0 Å². The smallest absolute Gasteiger partial charge is 0.177 e. The van der Waals surface area contributed by atoms with Crippen molar-refractivity contribution >= 4 is 121 Å². The van der Waals surface area contributed by atoms with Gasteiger partial charge in [0.25, 0.3) is 0 Å². The third-order valence-electron chi connectivity index (χ3n) is 18.3. The Morgan fingerprint density at radius 3 is 1.32 bits per heavy atom. The van der Waals surface area contributed by atoms with Crippen molar-refractivity contribution in [2.24, 2.45) is 0 Å². The molecule has 430 valence electrons. The van der Waals surface area contributed by atoms with E-state index in [-0.39, 0.29) is 0 Å². The van der Waals surface area contributed by atoms with E-state index in [1.54, 1.807) is 0 Å². The summed E-state index contributed by atoms with van der Waals surface area (Å²) in [7, 11) is 0. The number of fused-ring (bicyclic) bond motifs is 12. The van der Waals surface area contributed by atoms with Gasteiger partial charge >= 0.3 is 0 Å². The molecule has 0 N–H and O–H groups in total. The van der Waals surface area contributed by atoms with Crippen LogP contribution in [0.2, 0.25) is 0 Å². The molecule has 0 saturated heterocycles. The molecule has 0 atom stereocenters. The van der Waals surface area contributed by atoms with Crippen molar-refractivity contribution in [3.05, 3.63) is 328 Å². The molecule has 0 aliphatic carbocycles. The van der Waals surface area contributed by atoms with Gasteiger partial charge < -0.3 is 13.7 Å². The van der Waals surface area contributed by atoms with Crippen LogP contribution in [-0.2, 0) is 0 Å². The van der Waals surface area contributed by atoms with E-state index in [9.17, 15) is 0 Å². The number of nitrogens with zero attached hydrogens (tertiary/aromatic N) is 4. The Hall–Kier alpha value is -12.4. The lowest BCUT2D eigenvalue weighted by Crippen LogP contribution is -2.11. The fourth-order valence-corrected chi connectivity index (χ4v) is 13.8. The summed E-state index contributed by atoms with van der Waals surface area (Å²) in [5.74, 6) is 0.797. The number of benzene rings is 14. The van der Waals surface area contributed by atoms with Gasteiger partial charge in [-0.1, -0.05) is 237 Å². The van der Waals surface area contributed by atoms with E-state index in [2.05, 4.69) is 331 Å². The van der Waals surface area contributed by atoms with Crippen molar-refractivity contribution in [2.75, 3.05) is 9.80 Å². The molecule has 0 amide bonds. The third kappa shape index (κ3) is 8.95. The van der Waals surface area contributed by atoms with Gasteiger partial charge in [-0.3, -0.25) is 9.88 Å². The first-order valence-corrected chi connectivity index (χ1v) is 31.2. The highest BCUT2D eigenvalue weighted by Gasteiger charge is 2.23. The van der Waals surface area contributed by atoms with Crippen molar-refractivity contribution in [1.29, 1.82) is 0 Å². The molecule has 18 aromatic rings. The largest absolute Gasteiger partial charge is 0.454 e. The highest BCUT2D eigenvalue weighted by molar-refractivity contribution is 6.17. The molecule has 0 fully saturated rings.